The van der Waals surface area contributed by atoms with Crippen LogP contribution >= 0.6 is 0 Å². The van der Waals surface area contributed by atoms with Gasteiger partial charge in [-0.25, -0.2) is 9.97 Å². The number of hydrogen-bond donors (Lipinski definition) is 1. The third-order valence-corrected chi connectivity index (χ3v) is 2.28. The molecule has 1 unspecified atom stereocenters. The summed E-state index contributed by atoms with van der Waals surface area (Å²) in [6.07, 6.45) is 9.36. The van der Waals surface area contributed by atoms with Crippen LogP contribution in [0.15, 0.2) is 30.4 Å². The van der Waals surface area contributed by atoms with E-state index in [0.29, 0.717) is 6.04 Å². The second kappa shape index (κ2) is 4.26. The zero-order valence-electron chi connectivity index (χ0n) is 9.07. The zero-order chi connectivity index (χ0) is 10.7. The summed E-state index contributed by atoms with van der Waals surface area (Å²) in [7, 11) is 0. The SMILES string of the molecule is Cc1cc(C)nc(NC2C=CC=CC2)n1. The summed E-state index contributed by atoms with van der Waals surface area (Å²) in [4.78, 5) is 8.70. The summed E-state index contributed by atoms with van der Waals surface area (Å²) in [5.74, 6) is 0.720. The molecule has 0 amide bonds. The molecule has 1 aliphatic rings. The number of nitrogens with one attached hydrogen (secondary N) is 1. The first-order valence-corrected chi connectivity index (χ1v) is 5.16. The fraction of sp³-hybridized carbons (Fsp3) is 0.333. The van der Waals surface area contributed by atoms with Gasteiger partial charge in [-0.2, -0.15) is 0 Å². The van der Waals surface area contributed by atoms with Gasteiger partial charge >= 0.3 is 0 Å². The summed E-state index contributed by atoms with van der Waals surface area (Å²) in [6.45, 7) is 3.97. The Morgan fingerprint density at radius 3 is 2.53 bits per heavy atom. The standard InChI is InChI=1S/C12H15N3/c1-9-8-10(2)14-12(13-9)15-11-6-4-3-5-7-11/h3-6,8,11H,7H2,1-2H3,(H,13,14,15). The lowest BCUT2D eigenvalue weighted by molar-refractivity contribution is 0.855. The minimum atomic E-state index is 0.316. The number of aromatic nitrogens is 2. The molecule has 1 aromatic heterocycles. The van der Waals surface area contributed by atoms with Crippen LogP contribution in [0, 0.1) is 13.8 Å². The Hall–Kier alpha value is -1.64. The average molecular weight is 201 g/mol. The van der Waals surface area contributed by atoms with Crippen LogP contribution in [0.4, 0.5) is 5.95 Å². The smallest absolute Gasteiger partial charge is 0.223 e. The van der Waals surface area contributed by atoms with Crippen molar-refractivity contribution in [2.45, 2.75) is 26.3 Å². The van der Waals surface area contributed by atoms with Crippen molar-refractivity contribution < 1.29 is 0 Å². The van der Waals surface area contributed by atoms with Crippen LogP contribution in [0.25, 0.3) is 0 Å². The molecule has 2 rings (SSSR count). The minimum absolute atomic E-state index is 0.316. The Labute approximate surface area is 90.0 Å². The van der Waals surface area contributed by atoms with Crippen LogP contribution < -0.4 is 5.32 Å². The Kier molecular flexibility index (Phi) is 2.81. The molecule has 1 N–H and O–H groups in total. The van der Waals surface area contributed by atoms with Gasteiger partial charge in [-0.15, -0.1) is 0 Å². The summed E-state index contributed by atoms with van der Waals surface area (Å²) in [5, 5.41) is 3.30. The van der Waals surface area contributed by atoms with E-state index in [0.717, 1.165) is 23.8 Å². The Morgan fingerprint density at radius 2 is 1.93 bits per heavy atom. The minimum Gasteiger partial charge on any atom is -0.348 e. The molecule has 3 heteroatoms. The molecule has 0 saturated heterocycles. The van der Waals surface area contributed by atoms with E-state index in [-0.39, 0.29) is 0 Å². The lowest BCUT2D eigenvalue weighted by Gasteiger charge is -2.15. The number of aryl methyl sites for hydroxylation is 2. The van der Waals surface area contributed by atoms with E-state index in [9.17, 15) is 0 Å². The maximum absolute atomic E-state index is 4.35. The predicted molar refractivity (Wildman–Crippen MR) is 61.8 cm³/mol. The molecule has 1 atom stereocenters. The molecule has 0 spiro atoms. The fourth-order valence-corrected chi connectivity index (χ4v) is 1.64. The van der Waals surface area contributed by atoms with Gasteiger partial charge in [0.1, 0.15) is 0 Å². The Bertz CT molecular complexity index is 387. The molecular formula is C12H15N3. The molecule has 1 aromatic rings. The topological polar surface area (TPSA) is 37.8 Å². The molecule has 0 radical (unpaired) electrons. The van der Waals surface area contributed by atoms with Crippen LogP contribution in [0.2, 0.25) is 0 Å². The first-order chi connectivity index (χ1) is 7.24. The molecular weight excluding hydrogens is 186 g/mol. The third-order valence-electron chi connectivity index (χ3n) is 2.28. The highest BCUT2D eigenvalue weighted by atomic mass is 15.1. The first kappa shape index (κ1) is 9.90. The van der Waals surface area contributed by atoms with Crippen molar-refractivity contribution >= 4 is 5.95 Å². The summed E-state index contributed by atoms with van der Waals surface area (Å²) >= 11 is 0. The van der Waals surface area contributed by atoms with E-state index in [4.69, 9.17) is 0 Å². The van der Waals surface area contributed by atoms with Gasteiger partial charge in [0.05, 0.1) is 6.04 Å². The molecule has 0 saturated carbocycles. The quantitative estimate of drug-likeness (QED) is 0.798. The molecule has 78 valence electrons. The van der Waals surface area contributed by atoms with Crippen molar-refractivity contribution in [1.29, 1.82) is 0 Å². The lowest BCUT2D eigenvalue weighted by Crippen LogP contribution is -2.19. The van der Waals surface area contributed by atoms with Gasteiger partial charge < -0.3 is 5.32 Å². The number of allylic oxidation sites excluding steroid dienone is 2. The van der Waals surface area contributed by atoms with Crippen LogP contribution in [0.3, 0.4) is 0 Å². The van der Waals surface area contributed by atoms with Crippen molar-refractivity contribution in [3.63, 3.8) is 0 Å². The molecule has 0 fully saturated rings. The van der Waals surface area contributed by atoms with Gasteiger partial charge in [-0.05, 0) is 26.3 Å². The van der Waals surface area contributed by atoms with E-state index in [1.807, 2.05) is 26.0 Å². The van der Waals surface area contributed by atoms with Crippen LogP contribution in [-0.2, 0) is 0 Å². The number of rotatable bonds is 2. The lowest BCUT2D eigenvalue weighted by atomic mass is 10.1. The zero-order valence-corrected chi connectivity index (χ0v) is 9.07. The average Bonchev–Trinajstić information content (AvgIpc) is 2.17. The maximum atomic E-state index is 4.35. The van der Waals surface area contributed by atoms with Gasteiger partial charge in [-0.1, -0.05) is 24.3 Å². The molecule has 1 heterocycles. The monoisotopic (exact) mass is 201 g/mol. The largest absolute Gasteiger partial charge is 0.348 e. The first-order valence-electron chi connectivity index (χ1n) is 5.16. The normalized spacial score (nSPS) is 19.2. The van der Waals surface area contributed by atoms with Crippen LogP contribution in [0.1, 0.15) is 17.8 Å². The molecule has 1 aliphatic carbocycles. The van der Waals surface area contributed by atoms with Crippen molar-refractivity contribution in [2.24, 2.45) is 0 Å². The van der Waals surface area contributed by atoms with E-state index < -0.39 is 0 Å². The van der Waals surface area contributed by atoms with Gasteiger partial charge in [-0.3, -0.25) is 0 Å². The van der Waals surface area contributed by atoms with E-state index in [2.05, 4.69) is 33.5 Å². The second-order valence-electron chi connectivity index (χ2n) is 3.77. The molecule has 15 heavy (non-hydrogen) atoms. The van der Waals surface area contributed by atoms with E-state index in [1.165, 1.54) is 0 Å². The van der Waals surface area contributed by atoms with Crippen molar-refractivity contribution in [2.75, 3.05) is 5.32 Å². The highest BCUT2D eigenvalue weighted by Gasteiger charge is 2.07. The fourth-order valence-electron chi connectivity index (χ4n) is 1.64. The molecule has 0 bridgehead atoms. The Morgan fingerprint density at radius 1 is 1.20 bits per heavy atom. The van der Waals surface area contributed by atoms with E-state index in [1.54, 1.807) is 0 Å². The van der Waals surface area contributed by atoms with Crippen molar-refractivity contribution in [3.05, 3.63) is 41.8 Å². The maximum Gasteiger partial charge on any atom is 0.223 e. The Balaban J connectivity index is 2.10. The second-order valence-corrected chi connectivity index (χ2v) is 3.77. The van der Waals surface area contributed by atoms with Gasteiger partial charge in [0, 0.05) is 11.4 Å². The third kappa shape index (κ3) is 2.65. The van der Waals surface area contributed by atoms with E-state index >= 15 is 0 Å². The molecule has 0 aromatic carbocycles. The van der Waals surface area contributed by atoms with Crippen molar-refractivity contribution in [1.82, 2.24) is 9.97 Å². The van der Waals surface area contributed by atoms with Crippen LogP contribution in [-0.4, -0.2) is 16.0 Å². The molecule has 0 aliphatic heterocycles. The number of nitrogens with zero attached hydrogens (tertiary/aromatic N) is 2. The summed E-state index contributed by atoms with van der Waals surface area (Å²) < 4.78 is 0. The summed E-state index contributed by atoms with van der Waals surface area (Å²) in [6, 6.07) is 2.29. The highest BCUT2D eigenvalue weighted by molar-refractivity contribution is 5.32. The van der Waals surface area contributed by atoms with Crippen LogP contribution in [0.5, 0.6) is 0 Å². The van der Waals surface area contributed by atoms with Gasteiger partial charge in [0.25, 0.3) is 0 Å². The predicted octanol–water partition coefficient (Wildman–Crippen LogP) is 2.39. The number of anilines is 1. The molecule has 3 nitrogen and oxygen atoms in total. The number of hydrogen-bond acceptors (Lipinski definition) is 3. The highest BCUT2D eigenvalue weighted by Crippen LogP contribution is 2.10. The van der Waals surface area contributed by atoms with Crippen molar-refractivity contribution in [3.8, 4) is 0 Å². The van der Waals surface area contributed by atoms with Gasteiger partial charge in [0.15, 0.2) is 0 Å². The summed E-state index contributed by atoms with van der Waals surface area (Å²) in [5.41, 5.74) is 2.00. The van der Waals surface area contributed by atoms with Gasteiger partial charge in [0.2, 0.25) is 5.95 Å².